The Balaban J connectivity index is 4.15. The molecule has 3 atom stereocenters. The topological polar surface area (TPSA) is 108 Å². The summed E-state index contributed by atoms with van der Waals surface area (Å²) in [6.07, 6.45) is 76.0. The molecule has 74 heavy (non-hydrogen) atoms. The average molecular weight is 1060 g/mol. The molecule has 0 aliphatic carbocycles. The first-order chi connectivity index (χ1) is 36.0. The molecule has 434 valence electrons. The predicted octanol–water partition coefficient (Wildman–Crippen LogP) is 19.0. The van der Waals surface area contributed by atoms with E-state index in [4.69, 9.17) is 9.05 Å². The summed E-state index contributed by atoms with van der Waals surface area (Å²) >= 11 is 0. The molecule has 0 fully saturated rings. The van der Waals surface area contributed by atoms with Gasteiger partial charge >= 0.3 is 0 Å². The lowest BCUT2D eigenvalue weighted by Gasteiger charge is -2.29. The molecule has 0 aromatic rings. The van der Waals surface area contributed by atoms with E-state index in [0.717, 1.165) is 64.2 Å². The van der Waals surface area contributed by atoms with Gasteiger partial charge in [-0.05, 0) is 57.8 Å². The van der Waals surface area contributed by atoms with E-state index in [-0.39, 0.29) is 19.1 Å². The Bertz CT molecular complexity index is 1390. The first-order valence-corrected chi connectivity index (χ1v) is 33.1. The maximum atomic E-state index is 13.0. The van der Waals surface area contributed by atoms with Crippen LogP contribution in [-0.4, -0.2) is 68.5 Å². The van der Waals surface area contributed by atoms with Gasteiger partial charge in [-0.1, -0.05) is 293 Å². The van der Waals surface area contributed by atoms with E-state index in [2.05, 4.69) is 67.8 Å². The number of allylic oxidation sites excluding steroid dienone is 9. The molecule has 0 spiro atoms. The summed E-state index contributed by atoms with van der Waals surface area (Å²) in [5.74, 6) is -0.198. The number of phosphoric ester groups is 1. The summed E-state index contributed by atoms with van der Waals surface area (Å²) in [4.78, 5) is 25.6. The largest absolute Gasteiger partial charge is 0.756 e. The summed E-state index contributed by atoms with van der Waals surface area (Å²) in [7, 11) is 1.26. The molecule has 0 aromatic carbocycles. The van der Waals surface area contributed by atoms with Crippen LogP contribution >= 0.6 is 7.82 Å². The fraction of sp³-hybridized carbons (Fsp3) is 0.831. The average Bonchev–Trinajstić information content (AvgIpc) is 3.36. The van der Waals surface area contributed by atoms with E-state index in [9.17, 15) is 19.4 Å². The Morgan fingerprint density at radius 3 is 1.20 bits per heavy atom. The number of nitrogens with zero attached hydrogens (tertiary/aromatic N) is 1. The number of hydrogen-bond donors (Lipinski definition) is 2. The van der Waals surface area contributed by atoms with Crippen molar-refractivity contribution < 1.29 is 32.9 Å². The minimum atomic E-state index is -4.60. The van der Waals surface area contributed by atoms with Gasteiger partial charge in [0.1, 0.15) is 13.2 Å². The molecule has 0 aromatic heterocycles. The molecular weight excluding hydrogens is 936 g/mol. The third-order valence-corrected chi connectivity index (χ3v) is 15.2. The monoisotopic (exact) mass is 1060 g/mol. The maximum Gasteiger partial charge on any atom is 0.268 e. The molecule has 2 N–H and O–H groups in total. The highest BCUT2D eigenvalue weighted by atomic mass is 31.2. The number of phosphoric acid groups is 1. The number of aliphatic hydroxyl groups is 1. The summed E-state index contributed by atoms with van der Waals surface area (Å²) in [5.41, 5.74) is 0. The first kappa shape index (κ1) is 72.2. The SMILES string of the molecule is CC/C=C\C/C=C\C/C=C\C/C=C\CCCCCCCCCCCCCCC(=O)NC(COP(=O)([O-])OCC[N+](C)(C)C)C(O)/C=C/CCCCCCCCCCCCCCCCCCCCCCCCCCC. The molecule has 1 amide bonds. The number of rotatable bonds is 58. The van der Waals surface area contributed by atoms with Crippen LogP contribution in [0.2, 0.25) is 0 Å². The molecule has 0 radical (unpaired) electrons. The number of nitrogens with one attached hydrogen (secondary N) is 1. The molecule has 9 heteroatoms. The molecule has 0 saturated heterocycles. The zero-order valence-electron chi connectivity index (χ0n) is 49.5. The van der Waals surface area contributed by atoms with Gasteiger partial charge in [0.05, 0.1) is 39.9 Å². The second kappa shape index (κ2) is 55.9. The van der Waals surface area contributed by atoms with Crippen molar-refractivity contribution in [2.24, 2.45) is 0 Å². The van der Waals surface area contributed by atoms with E-state index < -0.39 is 20.0 Å². The van der Waals surface area contributed by atoms with E-state index in [0.29, 0.717) is 17.4 Å². The highest BCUT2D eigenvalue weighted by molar-refractivity contribution is 7.45. The number of aliphatic hydroxyl groups excluding tert-OH is 1. The van der Waals surface area contributed by atoms with Crippen molar-refractivity contribution in [1.29, 1.82) is 0 Å². The fourth-order valence-electron chi connectivity index (χ4n) is 9.32. The van der Waals surface area contributed by atoms with Crippen LogP contribution in [0.5, 0.6) is 0 Å². The van der Waals surface area contributed by atoms with E-state index in [1.807, 2.05) is 27.2 Å². The Labute approximate surface area is 460 Å². The van der Waals surface area contributed by atoms with Crippen LogP contribution in [-0.2, 0) is 18.4 Å². The summed E-state index contributed by atoms with van der Waals surface area (Å²) in [6.45, 7) is 4.57. The van der Waals surface area contributed by atoms with Crippen molar-refractivity contribution in [3.8, 4) is 0 Å². The minimum absolute atomic E-state index is 0.00240. The molecule has 3 unspecified atom stereocenters. The summed E-state index contributed by atoms with van der Waals surface area (Å²) in [5, 5.41) is 13.9. The number of likely N-dealkylation sites (N-methyl/N-ethyl adjacent to an activating group) is 1. The Kier molecular flexibility index (Phi) is 54.6. The molecule has 0 aliphatic heterocycles. The van der Waals surface area contributed by atoms with Crippen molar-refractivity contribution in [1.82, 2.24) is 5.32 Å². The minimum Gasteiger partial charge on any atom is -0.756 e. The third kappa shape index (κ3) is 57.9. The summed E-state index contributed by atoms with van der Waals surface area (Å²) < 4.78 is 23.4. The standard InChI is InChI=1S/C65H123N2O6P/c1-6-8-10-12-14-16-18-20-22-24-26-28-30-32-33-35-36-38-40-42-44-46-48-50-52-54-56-58-64(68)63(62-73-74(70,71)72-61-60-67(3,4)5)66-65(69)59-57-55-53-51-49-47-45-43-41-39-37-34-31-29-27-25-23-21-19-17-15-13-11-9-7-2/h9,11,15,17,21,23,27,29,56,58,63-64,68H,6-8,10,12-14,16,18-20,22,24-26,28,30-55,57,59-62H2,1-5H3,(H-,66,69,70,71)/b11-9-,17-15-,23-21-,29-27-,58-56+. The lowest BCUT2D eigenvalue weighted by molar-refractivity contribution is -0.870. The molecule has 0 rings (SSSR count). The van der Waals surface area contributed by atoms with Gasteiger partial charge in [-0.2, -0.15) is 0 Å². The molecule has 0 aliphatic rings. The summed E-state index contributed by atoms with van der Waals surface area (Å²) in [6, 6.07) is -0.891. The second-order valence-corrected chi connectivity index (χ2v) is 24.1. The van der Waals surface area contributed by atoms with Gasteiger partial charge in [0.25, 0.3) is 7.82 Å². The van der Waals surface area contributed by atoms with Gasteiger partial charge in [-0.3, -0.25) is 9.36 Å². The number of quaternary nitrogens is 1. The van der Waals surface area contributed by atoms with Gasteiger partial charge in [0.15, 0.2) is 0 Å². The Hall–Kier alpha value is -1.80. The van der Waals surface area contributed by atoms with Crippen molar-refractivity contribution in [2.75, 3.05) is 40.9 Å². The zero-order valence-corrected chi connectivity index (χ0v) is 50.4. The van der Waals surface area contributed by atoms with Crippen LogP contribution in [0.4, 0.5) is 0 Å². The van der Waals surface area contributed by atoms with Crippen LogP contribution in [0.25, 0.3) is 0 Å². The number of amides is 1. The fourth-order valence-corrected chi connectivity index (χ4v) is 10.0. The van der Waals surface area contributed by atoms with Gasteiger partial charge in [0.2, 0.25) is 5.91 Å². The predicted molar refractivity (Wildman–Crippen MR) is 321 cm³/mol. The Morgan fingerprint density at radius 2 is 0.824 bits per heavy atom. The quantitative estimate of drug-likeness (QED) is 0.0272. The van der Waals surface area contributed by atoms with Crippen LogP contribution in [0, 0.1) is 0 Å². The number of carbonyl (C=O) groups excluding carboxylic acids is 1. The van der Waals surface area contributed by atoms with Crippen LogP contribution in [0.3, 0.4) is 0 Å². The smallest absolute Gasteiger partial charge is 0.268 e. The molecule has 8 nitrogen and oxygen atoms in total. The van der Waals surface area contributed by atoms with Crippen LogP contribution in [0.1, 0.15) is 296 Å². The Morgan fingerprint density at radius 1 is 0.486 bits per heavy atom. The lowest BCUT2D eigenvalue weighted by Crippen LogP contribution is -2.45. The van der Waals surface area contributed by atoms with Crippen LogP contribution < -0.4 is 10.2 Å². The van der Waals surface area contributed by atoms with E-state index >= 15 is 0 Å². The maximum absolute atomic E-state index is 13.0. The number of unbranched alkanes of at least 4 members (excludes halogenated alkanes) is 37. The van der Waals surface area contributed by atoms with Gasteiger partial charge < -0.3 is 28.8 Å². The zero-order chi connectivity index (χ0) is 54.2. The van der Waals surface area contributed by atoms with Crippen molar-refractivity contribution in [2.45, 2.75) is 309 Å². The molecule has 0 bridgehead atoms. The lowest BCUT2D eigenvalue weighted by atomic mass is 10.0. The molecule has 0 saturated carbocycles. The molecular formula is C65H123N2O6P. The van der Waals surface area contributed by atoms with Crippen molar-refractivity contribution in [3.05, 3.63) is 60.8 Å². The van der Waals surface area contributed by atoms with Crippen molar-refractivity contribution >= 4 is 13.7 Å². The van der Waals surface area contributed by atoms with Gasteiger partial charge in [-0.25, -0.2) is 0 Å². The normalized spacial score (nSPS) is 14.2. The molecule has 0 heterocycles. The highest BCUT2D eigenvalue weighted by Crippen LogP contribution is 2.38. The van der Waals surface area contributed by atoms with E-state index in [1.165, 1.54) is 212 Å². The van der Waals surface area contributed by atoms with Crippen LogP contribution in [0.15, 0.2) is 60.8 Å². The van der Waals surface area contributed by atoms with Gasteiger partial charge in [0, 0.05) is 6.42 Å². The van der Waals surface area contributed by atoms with Gasteiger partial charge in [-0.15, -0.1) is 0 Å². The first-order valence-electron chi connectivity index (χ1n) is 31.7. The number of carbonyl (C=O) groups is 1. The highest BCUT2D eigenvalue weighted by Gasteiger charge is 2.23. The van der Waals surface area contributed by atoms with E-state index in [1.54, 1.807) is 6.08 Å². The third-order valence-electron chi connectivity index (χ3n) is 14.2. The van der Waals surface area contributed by atoms with Crippen molar-refractivity contribution in [3.63, 3.8) is 0 Å². The second-order valence-electron chi connectivity index (χ2n) is 22.7. The number of hydrogen-bond acceptors (Lipinski definition) is 6.